The van der Waals surface area contributed by atoms with E-state index in [1.54, 1.807) is 0 Å². The van der Waals surface area contributed by atoms with Gasteiger partial charge < -0.3 is 10.2 Å². The summed E-state index contributed by atoms with van der Waals surface area (Å²) in [5, 5.41) is 5.93. The Balaban J connectivity index is 1.95. The van der Waals surface area contributed by atoms with Crippen LogP contribution in [-0.4, -0.2) is 37.1 Å². The molecule has 1 aromatic heterocycles. The lowest BCUT2D eigenvalue weighted by molar-refractivity contribution is 0.425. The first-order valence-corrected chi connectivity index (χ1v) is 9.66. The minimum absolute atomic E-state index is 0.850. The van der Waals surface area contributed by atoms with Gasteiger partial charge in [-0.2, -0.15) is 0 Å². The molecule has 0 aliphatic rings. The average molecular weight is 367 g/mol. The number of benzene rings is 3. The number of nitrogens with zero attached hydrogens (tertiary/aromatic N) is 2. The Morgan fingerprint density at radius 3 is 1.93 bits per heavy atom. The molecule has 1 N–H and O–H groups in total. The maximum atomic E-state index is 5.11. The number of pyridine rings is 1. The molecule has 0 saturated heterocycles. The van der Waals surface area contributed by atoms with Gasteiger partial charge in [0.05, 0.1) is 5.69 Å². The third-order valence-electron chi connectivity index (χ3n) is 4.87. The van der Waals surface area contributed by atoms with Gasteiger partial charge in [0.15, 0.2) is 0 Å². The molecule has 28 heavy (non-hydrogen) atoms. The lowest BCUT2D eigenvalue weighted by Gasteiger charge is -2.18. The summed E-state index contributed by atoms with van der Waals surface area (Å²) in [5.41, 5.74) is 4.51. The van der Waals surface area contributed by atoms with Gasteiger partial charge in [-0.05, 0) is 25.0 Å². The smallest absolute Gasteiger partial charge is 0.134 e. The van der Waals surface area contributed by atoms with Crippen LogP contribution in [0.3, 0.4) is 0 Å². The third kappa shape index (κ3) is 3.75. The van der Waals surface area contributed by atoms with Gasteiger partial charge in [0.25, 0.3) is 0 Å². The second kappa shape index (κ2) is 8.24. The van der Waals surface area contributed by atoms with Crippen LogP contribution in [0.15, 0.2) is 84.9 Å². The van der Waals surface area contributed by atoms with E-state index in [4.69, 9.17) is 4.98 Å². The summed E-state index contributed by atoms with van der Waals surface area (Å²) in [6, 6.07) is 29.5. The Bertz CT molecular complexity index is 1060. The minimum atomic E-state index is 0.850. The largest absolute Gasteiger partial charge is 0.368 e. The van der Waals surface area contributed by atoms with Crippen LogP contribution < -0.4 is 5.32 Å². The second-order valence-electron chi connectivity index (χ2n) is 7.19. The van der Waals surface area contributed by atoms with Crippen LogP contribution in [0.5, 0.6) is 0 Å². The van der Waals surface area contributed by atoms with E-state index in [-0.39, 0.29) is 0 Å². The highest BCUT2D eigenvalue weighted by atomic mass is 15.1. The topological polar surface area (TPSA) is 28.2 Å². The molecule has 0 radical (unpaired) electrons. The Hall–Kier alpha value is -3.17. The van der Waals surface area contributed by atoms with Crippen molar-refractivity contribution in [3.05, 3.63) is 84.9 Å². The van der Waals surface area contributed by atoms with Gasteiger partial charge in [0, 0.05) is 29.6 Å². The molecule has 1 heterocycles. The monoisotopic (exact) mass is 367 g/mol. The maximum absolute atomic E-state index is 5.11. The first-order chi connectivity index (χ1) is 13.7. The number of rotatable bonds is 6. The van der Waals surface area contributed by atoms with E-state index >= 15 is 0 Å². The average Bonchev–Trinajstić information content (AvgIpc) is 2.74. The Morgan fingerprint density at radius 1 is 0.714 bits per heavy atom. The lowest BCUT2D eigenvalue weighted by Crippen LogP contribution is -2.21. The van der Waals surface area contributed by atoms with Crippen molar-refractivity contribution in [2.24, 2.45) is 0 Å². The first kappa shape index (κ1) is 18.2. The quantitative estimate of drug-likeness (QED) is 0.485. The van der Waals surface area contributed by atoms with E-state index in [2.05, 4.69) is 103 Å². The van der Waals surface area contributed by atoms with Crippen molar-refractivity contribution in [1.82, 2.24) is 9.88 Å². The van der Waals surface area contributed by atoms with Gasteiger partial charge in [-0.25, -0.2) is 4.98 Å². The zero-order chi connectivity index (χ0) is 19.3. The molecule has 140 valence electrons. The van der Waals surface area contributed by atoms with Crippen molar-refractivity contribution in [3.63, 3.8) is 0 Å². The fourth-order valence-corrected chi connectivity index (χ4v) is 3.50. The highest BCUT2D eigenvalue weighted by Crippen LogP contribution is 2.39. The molecule has 3 nitrogen and oxygen atoms in total. The van der Waals surface area contributed by atoms with Gasteiger partial charge in [-0.15, -0.1) is 0 Å². The maximum Gasteiger partial charge on any atom is 0.134 e. The first-order valence-electron chi connectivity index (χ1n) is 9.66. The summed E-state index contributed by atoms with van der Waals surface area (Å²) in [5.74, 6) is 0.941. The molecule has 0 aliphatic heterocycles. The van der Waals surface area contributed by atoms with Gasteiger partial charge in [-0.3, -0.25) is 0 Å². The fraction of sp³-hybridized carbons (Fsp3) is 0.160. The molecule has 3 aromatic carbocycles. The molecule has 0 saturated carbocycles. The lowest BCUT2D eigenvalue weighted by atomic mass is 9.94. The van der Waals surface area contributed by atoms with Gasteiger partial charge in [0.2, 0.25) is 0 Å². The van der Waals surface area contributed by atoms with Gasteiger partial charge >= 0.3 is 0 Å². The van der Waals surface area contributed by atoms with Crippen LogP contribution >= 0.6 is 0 Å². The van der Waals surface area contributed by atoms with Crippen LogP contribution in [0, 0.1) is 0 Å². The van der Waals surface area contributed by atoms with Crippen molar-refractivity contribution >= 4 is 16.6 Å². The van der Waals surface area contributed by atoms with E-state index in [0.717, 1.165) is 35.6 Å². The normalized spacial score (nSPS) is 11.1. The molecular formula is C25H25N3. The molecule has 4 aromatic rings. The summed E-state index contributed by atoms with van der Waals surface area (Å²) in [6.07, 6.45) is 0. The molecular weight excluding hydrogens is 342 g/mol. The van der Waals surface area contributed by atoms with Crippen molar-refractivity contribution in [2.45, 2.75) is 0 Å². The standard InChI is InChI=1S/C25H25N3/c1-28(2)18-17-26-25-22-16-10-9-15-21(22)23(19-11-5-3-6-12-19)24(27-25)20-13-7-4-8-14-20/h3-16H,17-18H2,1-2H3,(H,26,27). The van der Waals surface area contributed by atoms with Crippen molar-refractivity contribution in [3.8, 4) is 22.4 Å². The molecule has 3 heteroatoms. The van der Waals surface area contributed by atoms with Crippen LogP contribution in [-0.2, 0) is 0 Å². The van der Waals surface area contributed by atoms with Crippen LogP contribution in [0.4, 0.5) is 5.82 Å². The summed E-state index contributed by atoms with van der Waals surface area (Å²) < 4.78 is 0. The Kier molecular flexibility index (Phi) is 5.36. The number of hydrogen-bond acceptors (Lipinski definition) is 3. The zero-order valence-corrected chi connectivity index (χ0v) is 16.4. The predicted molar refractivity (Wildman–Crippen MR) is 120 cm³/mol. The van der Waals surface area contributed by atoms with E-state index in [1.807, 2.05) is 6.07 Å². The van der Waals surface area contributed by atoms with Crippen molar-refractivity contribution in [1.29, 1.82) is 0 Å². The van der Waals surface area contributed by atoms with Crippen LogP contribution in [0.25, 0.3) is 33.2 Å². The molecule has 0 unspecified atom stereocenters. The molecule has 0 atom stereocenters. The number of likely N-dealkylation sites (N-methyl/N-ethyl adjacent to an activating group) is 1. The summed E-state index contributed by atoms with van der Waals surface area (Å²) in [7, 11) is 4.17. The molecule has 0 amide bonds. The van der Waals surface area contributed by atoms with Crippen molar-refractivity contribution < 1.29 is 0 Å². The molecule has 0 fully saturated rings. The third-order valence-corrected chi connectivity index (χ3v) is 4.87. The molecule has 0 aliphatic carbocycles. The fourth-order valence-electron chi connectivity index (χ4n) is 3.50. The summed E-state index contributed by atoms with van der Waals surface area (Å²) in [4.78, 5) is 7.29. The predicted octanol–water partition coefficient (Wildman–Crippen LogP) is 5.54. The number of aromatic nitrogens is 1. The van der Waals surface area contributed by atoms with Crippen LogP contribution in [0.2, 0.25) is 0 Å². The van der Waals surface area contributed by atoms with E-state index < -0.39 is 0 Å². The highest BCUT2D eigenvalue weighted by Gasteiger charge is 2.16. The zero-order valence-electron chi connectivity index (χ0n) is 16.4. The van der Waals surface area contributed by atoms with Gasteiger partial charge in [-0.1, -0.05) is 84.9 Å². The van der Waals surface area contributed by atoms with E-state index in [9.17, 15) is 0 Å². The number of hydrogen-bond donors (Lipinski definition) is 1. The van der Waals surface area contributed by atoms with E-state index in [0.29, 0.717) is 0 Å². The number of anilines is 1. The molecule has 4 rings (SSSR count). The minimum Gasteiger partial charge on any atom is -0.368 e. The Morgan fingerprint density at radius 2 is 1.29 bits per heavy atom. The molecule has 0 bridgehead atoms. The number of fused-ring (bicyclic) bond motifs is 1. The van der Waals surface area contributed by atoms with Crippen molar-refractivity contribution in [2.75, 3.05) is 32.5 Å². The summed E-state index contributed by atoms with van der Waals surface area (Å²) >= 11 is 0. The van der Waals surface area contributed by atoms with Gasteiger partial charge in [0.1, 0.15) is 5.82 Å². The molecule has 0 spiro atoms. The highest BCUT2D eigenvalue weighted by molar-refractivity contribution is 6.07. The number of nitrogens with one attached hydrogen (secondary N) is 1. The van der Waals surface area contributed by atoms with Crippen LogP contribution in [0.1, 0.15) is 0 Å². The summed E-state index contributed by atoms with van der Waals surface area (Å²) in [6.45, 7) is 1.81. The Labute approximate surface area is 166 Å². The van der Waals surface area contributed by atoms with E-state index in [1.165, 1.54) is 16.5 Å². The second-order valence-corrected chi connectivity index (χ2v) is 7.19. The SMILES string of the molecule is CN(C)CCNc1nc(-c2ccccc2)c(-c2ccccc2)c2ccccc12.